The van der Waals surface area contributed by atoms with Crippen molar-refractivity contribution in [3.05, 3.63) is 17.8 Å². The van der Waals surface area contributed by atoms with Gasteiger partial charge in [-0.3, -0.25) is 14.4 Å². The van der Waals surface area contributed by atoms with Crippen molar-refractivity contribution in [2.75, 3.05) is 40.6 Å². The van der Waals surface area contributed by atoms with Crippen LogP contribution < -0.4 is 5.32 Å². The van der Waals surface area contributed by atoms with Crippen molar-refractivity contribution in [1.29, 1.82) is 0 Å². The lowest BCUT2D eigenvalue weighted by atomic mass is 9.78. The summed E-state index contributed by atoms with van der Waals surface area (Å²) in [6, 6.07) is -1.33. The van der Waals surface area contributed by atoms with Crippen molar-refractivity contribution in [2.45, 2.75) is 160 Å². The third kappa shape index (κ3) is 11.6. The molecule has 5 rings (SSSR count). The van der Waals surface area contributed by atoms with E-state index in [9.17, 15) is 23.4 Å². The van der Waals surface area contributed by atoms with Gasteiger partial charge in [-0.2, -0.15) is 3.89 Å². The van der Waals surface area contributed by atoms with E-state index in [0.717, 1.165) is 11.9 Å². The van der Waals surface area contributed by atoms with Gasteiger partial charge in [0.05, 0.1) is 30.0 Å². The molecule has 61 heavy (non-hydrogen) atoms. The Morgan fingerprint density at radius 1 is 1.13 bits per heavy atom. The van der Waals surface area contributed by atoms with Crippen LogP contribution in [0.1, 0.15) is 87.5 Å². The quantitative estimate of drug-likeness (QED) is 0.164. The number of hydrogen-bond acceptors (Lipinski definition) is 16. The van der Waals surface area contributed by atoms with Gasteiger partial charge in [0.1, 0.15) is 22.9 Å². The third-order valence-electron chi connectivity index (χ3n) is 12.3. The smallest absolute Gasteiger partial charge is 0.410 e. The molecule has 3 fully saturated rings. The van der Waals surface area contributed by atoms with Gasteiger partial charge in [0.15, 0.2) is 17.7 Å². The maximum Gasteiger partial charge on any atom is 0.410 e. The molecule has 3 aliphatic heterocycles. The van der Waals surface area contributed by atoms with Gasteiger partial charge in [0.25, 0.3) is 5.67 Å². The van der Waals surface area contributed by atoms with E-state index in [0.29, 0.717) is 51.0 Å². The Balaban J connectivity index is 0.00000265. The van der Waals surface area contributed by atoms with Gasteiger partial charge in [-0.15, -0.1) is 16.4 Å². The van der Waals surface area contributed by atoms with Crippen LogP contribution in [0.3, 0.4) is 0 Å². The summed E-state index contributed by atoms with van der Waals surface area (Å²) in [5, 5.41) is 26.1. The number of Topliss-reactive ketones (excluding diaryl/α,β-unsaturated/α-hetero) is 1. The summed E-state index contributed by atoms with van der Waals surface area (Å²) in [5.41, 5.74) is -5.06. The molecule has 346 valence electrons. The van der Waals surface area contributed by atoms with Crippen LogP contribution in [0.2, 0.25) is 0 Å². The fraction of sp³-hybridized carbons (Fsp3) is 0.805. The lowest BCUT2D eigenvalue weighted by Crippen LogP contribution is -2.61. The number of fused-ring (bicyclic) bond motifs is 1. The van der Waals surface area contributed by atoms with E-state index in [4.69, 9.17) is 23.7 Å². The number of amides is 1. The number of rotatable bonds is 11. The highest BCUT2D eigenvalue weighted by Crippen LogP contribution is 2.41. The number of hydrogen-bond donors (Lipinski definition) is 2. The second kappa shape index (κ2) is 21.7. The van der Waals surface area contributed by atoms with Crippen LogP contribution in [0.15, 0.2) is 17.8 Å². The number of aromatic nitrogens is 4. The first-order valence-electron chi connectivity index (χ1n) is 21.0. The minimum Gasteiger partial charge on any atom is -0.455 e. The molecule has 2 N–H and O–H groups in total. The topological polar surface area (TPSA) is 180 Å². The highest BCUT2D eigenvalue weighted by molar-refractivity contribution is 7.93. The van der Waals surface area contributed by atoms with Crippen molar-refractivity contribution >= 4 is 41.3 Å². The fourth-order valence-electron chi connectivity index (χ4n) is 9.07. The Hall–Kier alpha value is -2.85. The van der Waals surface area contributed by atoms with Crippen LogP contribution in [0.4, 0.5) is 13.1 Å². The van der Waals surface area contributed by atoms with Crippen LogP contribution in [0, 0.1) is 11.8 Å². The van der Waals surface area contributed by atoms with E-state index in [1.54, 1.807) is 36.5 Å². The number of aliphatic hydroxyl groups excluding tert-OH is 1. The molecule has 0 saturated carbocycles. The number of alkyl halides is 1. The molecule has 3 aliphatic rings. The summed E-state index contributed by atoms with van der Waals surface area (Å²) in [6.07, 6.45) is 1.89. The van der Waals surface area contributed by atoms with Crippen molar-refractivity contribution in [1.82, 2.24) is 35.1 Å². The highest BCUT2D eigenvalue weighted by atomic mass is 32.2. The number of thiazole rings is 1. The molecule has 2 aromatic heterocycles. The molecule has 20 heteroatoms. The molecule has 0 bridgehead atoms. The predicted molar refractivity (Wildman–Crippen MR) is 228 cm³/mol. The maximum atomic E-state index is 16.9. The standard InChI is InChI=1S/C40H64FN7O9S.CH3FS/c1-12-29-40(8)31(48(37(52)57-40)17-14-13-16-47-22-27(44-45-47)34-42-15-18-58-34)26(5)43-21-23(2)20-38(6,53-11)33(25(4)32(50)39(7,41)36(51)55-29)56-35-30(49)28(46(9)10)19-24(3)54-35;1-3-2/h15,18,22-26,28-31,33,35,43,49H,12-14,16-17,19-21H2,1-11H3;1H3/t23-,24?,25-,26-,28?,29-,30?,31-,33-,35+,38-,39?,40-;/m1./s1. The summed E-state index contributed by atoms with van der Waals surface area (Å²) in [4.78, 5) is 49.8. The summed E-state index contributed by atoms with van der Waals surface area (Å²) >= 11 is 1.73. The lowest BCUT2D eigenvalue weighted by Gasteiger charge is -2.47. The molecule has 5 heterocycles. The van der Waals surface area contributed by atoms with E-state index >= 15 is 4.39 Å². The van der Waals surface area contributed by atoms with Gasteiger partial charge in [0, 0.05) is 68.2 Å². The van der Waals surface area contributed by atoms with Gasteiger partial charge in [0.2, 0.25) is 0 Å². The molecule has 0 spiro atoms. The van der Waals surface area contributed by atoms with Crippen LogP contribution >= 0.6 is 23.5 Å². The minimum absolute atomic E-state index is 0.108. The molecule has 0 radical (unpaired) electrons. The number of carbonyl (C=O) groups excluding carboxylic acids is 3. The van der Waals surface area contributed by atoms with Crippen molar-refractivity contribution in [3.8, 4) is 10.7 Å². The average molecular weight is 904 g/mol. The first kappa shape index (κ1) is 50.8. The number of cyclic esters (lactones) is 1. The Morgan fingerprint density at radius 3 is 2.41 bits per heavy atom. The summed E-state index contributed by atoms with van der Waals surface area (Å²) < 4.78 is 59.7. The SMILES string of the molecule is CC[C@H]1OC(=O)C(C)(F)C(=O)[C@@H](C)[C@@H](O[C@@H]2OC(C)CC(N(C)C)C2O)[C@](C)(OC)C[C@@H](C)CN[C@H](C)[C@H]2N(CCCCn3cc(-c4nccs4)nn3)C(=O)O[C@]12C.CSF. The zero-order chi connectivity index (χ0) is 45.4. The molecular weight excluding hydrogens is 837 g/mol. The van der Waals surface area contributed by atoms with E-state index in [-0.39, 0.29) is 42.7 Å². The van der Waals surface area contributed by atoms with Crippen LogP contribution in [0.5, 0.6) is 0 Å². The molecule has 4 unspecified atom stereocenters. The number of ketones is 1. The number of esters is 1. The molecule has 16 nitrogen and oxygen atoms in total. The molecule has 0 aliphatic carbocycles. The Kier molecular flexibility index (Phi) is 18.1. The largest absolute Gasteiger partial charge is 0.455 e. The number of methoxy groups -OCH3 is 1. The van der Waals surface area contributed by atoms with E-state index in [1.165, 1.54) is 31.6 Å². The number of nitrogens with zero attached hydrogens (tertiary/aromatic N) is 6. The number of aryl methyl sites for hydroxylation is 1. The molecule has 1 amide bonds. The summed E-state index contributed by atoms with van der Waals surface area (Å²) in [5.74, 6) is -3.84. The van der Waals surface area contributed by atoms with Crippen molar-refractivity contribution in [2.24, 2.45) is 11.8 Å². The van der Waals surface area contributed by atoms with Crippen molar-refractivity contribution in [3.63, 3.8) is 0 Å². The Labute approximate surface area is 367 Å². The number of unbranched alkanes of at least 4 members (excludes halogenated alkanes) is 1. The number of halogens is 2. The average Bonchev–Trinajstić information content (AvgIpc) is 3.97. The van der Waals surface area contributed by atoms with Crippen molar-refractivity contribution < 1.29 is 51.5 Å². The fourth-order valence-corrected chi connectivity index (χ4v) is 9.66. The van der Waals surface area contributed by atoms with Gasteiger partial charge < -0.3 is 39.0 Å². The summed E-state index contributed by atoms with van der Waals surface area (Å²) in [6.45, 7) is 14.8. The van der Waals surface area contributed by atoms with Gasteiger partial charge in [-0.25, -0.2) is 19.0 Å². The first-order valence-corrected chi connectivity index (χ1v) is 23.0. The number of carbonyl (C=O) groups is 3. The Morgan fingerprint density at radius 2 is 1.80 bits per heavy atom. The zero-order valence-electron chi connectivity index (χ0n) is 37.6. The lowest BCUT2D eigenvalue weighted by molar-refractivity contribution is -0.295. The highest BCUT2D eigenvalue weighted by Gasteiger charge is 2.60. The van der Waals surface area contributed by atoms with E-state index < -0.39 is 71.3 Å². The number of likely N-dealkylation sites (N-methyl/N-ethyl adjacent to an activating group) is 1. The number of nitrogens with one attached hydrogen (secondary N) is 1. The third-order valence-corrected chi connectivity index (χ3v) is 13.1. The molecule has 0 aromatic carbocycles. The second-order valence-corrected chi connectivity index (χ2v) is 18.6. The van der Waals surface area contributed by atoms with Crippen LogP contribution in [-0.2, 0) is 39.8 Å². The van der Waals surface area contributed by atoms with Gasteiger partial charge in [-0.1, -0.05) is 26.0 Å². The molecule has 13 atom stereocenters. The van der Waals surface area contributed by atoms with Gasteiger partial charge >= 0.3 is 12.1 Å². The van der Waals surface area contributed by atoms with E-state index in [2.05, 4.69) is 20.6 Å². The summed E-state index contributed by atoms with van der Waals surface area (Å²) in [7, 11) is 5.21. The van der Waals surface area contributed by atoms with Crippen LogP contribution in [-0.4, -0.2) is 159 Å². The molecule has 3 saturated heterocycles. The minimum atomic E-state index is -3.13. The molecule has 2 aromatic rings. The van der Waals surface area contributed by atoms with Crippen LogP contribution in [0.25, 0.3) is 10.7 Å². The normalized spacial score (nSPS) is 36.7. The van der Waals surface area contributed by atoms with Gasteiger partial charge in [-0.05, 0) is 93.3 Å². The Bertz CT molecular complexity index is 1730. The number of ether oxygens (including phenoxy) is 5. The molecular formula is C41H67F2N7O9S2. The first-order chi connectivity index (χ1) is 28.7. The second-order valence-electron chi connectivity index (χ2n) is 17.4. The van der Waals surface area contributed by atoms with E-state index in [1.807, 2.05) is 51.3 Å². The predicted octanol–water partition coefficient (Wildman–Crippen LogP) is 5.48. The monoisotopic (exact) mass is 903 g/mol. The number of aliphatic hydroxyl groups is 1. The maximum absolute atomic E-state index is 16.9. The zero-order valence-corrected chi connectivity index (χ0v) is 39.3.